The van der Waals surface area contributed by atoms with Gasteiger partial charge in [-0.25, -0.2) is 0 Å². The molecule has 0 aliphatic heterocycles. The minimum Gasteiger partial charge on any atom is -0.398 e. The van der Waals surface area contributed by atoms with Crippen molar-refractivity contribution < 1.29 is 0 Å². The zero-order valence-corrected chi connectivity index (χ0v) is 3.31. The van der Waals surface area contributed by atoms with Crippen LogP contribution in [0.15, 0.2) is 18.5 Å². The van der Waals surface area contributed by atoms with Crippen LogP contribution in [0.1, 0.15) is 0 Å². The molecule has 0 atom stereocenters. The highest BCUT2D eigenvalue weighted by Gasteiger charge is 1.73. The van der Waals surface area contributed by atoms with Crippen LogP contribution in [0.2, 0.25) is 0 Å². The van der Waals surface area contributed by atoms with Crippen LogP contribution < -0.4 is 5.73 Å². The number of rotatable bonds is 0. The van der Waals surface area contributed by atoms with Gasteiger partial charge in [0, 0.05) is 18.1 Å². The lowest BCUT2D eigenvalue weighted by atomic mass is 10.6. The zero-order chi connectivity index (χ0) is 4.41. The number of hydrogen-bond acceptors (Lipinski definition) is 1. The maximum absolute atomic E-state index is 5.25. The lowest BCUT2D eigenvalue weighted by molar-refractivity contribution is 1.42. The molecule has 0 saturated heterocycles. The molecular weight excluding hydrogens is 76.1 g/mol. The van der Waals surface area contributed by atoms with Gasteiger partial charge in [-0.2, -0.15) is 0 Å². The fourth-order valence-corrected chi connectivity index (χ4v) is 0.337. The van der Waals surface area contributed by atoms with Crippen molar-refractivity contribution in [2.75, 3.05) is 5.73 Å². The van der Waals surface area contributed by atoms with Crippen molar-refractivity contribution in [3.63, 3.8) is 0 Å². The molecule has 0 aromatic carbocycles. The molecule has 1 aromatic rings. The number of aromatic nitrogens is 1. The van der Waals surface area contributed by atoms with E-state index in [2.05, 4.69) is 4.98 Å². The van der Waals surface area contributed by atoms with Crippen LogP contribution in [0.4, 0.5) is 5.69 Å². The molecule has 0 saturated carbocycles. The van der Waals surface area contributed by atoms with Gasteiger partial charge < -0.3 is 10.7 Å². The lowest BCUT2D eigenvalue weighted by Gasteiger charge is -1.69. The van der Waals surface area contributed by atoms with Crippen LogP contribution in [-0.4, -0.2) is 4.98 Å². The van der Waals surface area contributed by atoms with Crippen LogP contribution >= 0.6 is 0 Å². The Morgan fingerprint density at radius 1 is 1.67 bits per heavy atom. The molecule has 0 fully saturated rings. The molecule has 0 spiro atoms. The Balaban J connectivity index is 3.05. The molecule has 2 heteroatoms. The lowest BCUT2D eigenvalue weighted by Crippen LogP contribution is -1.75. The minimum atomic E-state index is 0.787. The second-order valence-corrected chi connectivity index (χ2v) is 1.14. The molecule has 6 heavy (non-hydrogen) atoms. The maximum Gasteiger partial charge on any atom is 0.0491 e. The van der Waals surface area contributed by atoms with E-state index in [0.29, 0.717) is 0 Å². The van der Waals surface area contributed by atoms with Crippen molar-refractivity contribution in [3.8, 4) is 0 Å². The van der Waals surface area contributed by atoms with Crippen molar-refractivity contribution in [1.29, 1.82) is 0 Å². The van der Waals surface area contributed by atoms with E-state index in [-0.39, 0.29) is 0 Å². The third kappa shape index (κ3) is 0.360. The first-order valence-corrected chi connectivity index (χ1v) is 1.78. The van der Waals surface area contributed by atoms with Gasteiger partial charge in [0.05, 0.1) is 0 Å². The van der Waals surface area contributed by atoms with E-state index in [9.17, 15) is 0 Å². The Morgan fingerprint density at radius 3 is 2.67 bits per heavy atom. The molecule has 0 aliphatic carbocycles. The monoisotopic (exact) mass is 82.1 g/mol. The first-order chi connectivity index (χ1) is 2.89. The molecule has 0 unspecified atom stereocenters. The van der Waals surface area contributed by atoms with Crippen molar-refractivity contribution in [3.05, 3.63) is 18.5 Å². The van der Waals surface area contributed by atoms with Gasteiger partial charge in [-0.05, 0) is 6.07 Å². The molecule has 0 aliphatic rings. The molecule has 0 amide bonds. The standard InChI is InChI=1S/C4H6N2/c5-4-1-2-6-3-4/h1-3,6H,5H2. The van der Waals surface area contributed by atoms with E-state index in [0.717, 1.165) is 5.69 Å². The van der Waals surface area contributed by atoms with Crippen LogP contribution in [-0.2, 0) is 0 Å². The highest BCUT2D eigenvalue weighted by Crippen LogP contribution is 1.92. The number of H-pyrrole nitrogens is 1. The van der Waals surface area contributed by atoms with Gasteiger partial charge >= 0.3 is 0 Å². The van der Waals surface area contributed by atoms with Gasteiger partial charge in [-0.15, -0.1) is 0 Å². The second-order valence-electron chi connectivity index (χ2n) is 1.14. The number of nitrogens with two attached hydrogens (primary N) is 1. The summed E-state index contributed by atoms with van der Waals surface area (Å²) in [5.41, 5.74) is 6.03. The van der Waals surface area contributed by atoms with Gasteiger partial charge in [-0.3, -0.25) is 0 Å². The van der Waals surface area contributed by atoms with E-state index in [1.165, 1.54) is 0 Å². The van der Waals surface area contributed by atoms with Gasteiger partial charge in [0.15, 0.2) is 0 Å². The maximum atomic E-state index is 5.25. The molecule has 1 aromatic heterocycles. The number of aromatic amines is 1. The smallest absolute Gasteiger partial charge is 0.0491 e. The Bertz CT molecular complexity index is 109. The third-order valence-corrected chi connectivity index (χ3v) is 0.622. The van der Waals surface area contributed by atoms with E-state index in [4.69, 9.17) is 5.73 Å². The number of anilines is 1. The van der Waals surface area contributed by atoms with Crippen molar-refractivity contribution >= 4 is 5.69 Å². The Kier molecular flexibility index (Phi) is 0.572. The highest BCUT2D eigenvalue weighted by molar-refractivity contribution is 5.32. The van der Waals surface area contributed by atoms with Crippen molar-refractivity contribution in [1.82, 2.24) is 4.98 Å². The topological polar surface area (TPSA) is 41.8 Å². The first-order valence-electron chi connectivity index (χ1n) is 1.78. The number of nitrogens with one attached hydrogen (secondary N) is 1. The molecule has 3 N–H and O–H groups in total. The predicted octanol–water partition coefficient (Wildman–Crippen LogP) is 0.597. The normalized spacial score (nSPS) is 8.67. The van der Waals surface area contributed by atoms with Gasteiger partial charge in [0.2, 0.25) is 0 Å². The number of nitrogen functional groups attached to an aromatic ring is 1. The average Bonchev–Trinajstić information content (AvgIpc) is 1.86. The summed E-state index contributed by atoms with van der Waals surface area (Å²) in [7, 11) is 0. The van der Waals surface area contributed by atoms with E-state index < -0.39 is 0 Å². The first kappa shape index (κ1) is 3.28. The van der Waals surface area contributed by atoms with Crippen LogP contribution in [0, 0.1) is 0 Å². The summed E-state index contributed by atoms with van der Waals surface area (Å²) in [5.74, 6) is 0. The minimum absolute atomic E-state index is 0.787. The summed E-state index contributed by atoms with van der Waals surface area (Å²) in [6.07, 6.45) is 3.52. The van der Waals surface area contributed by atoms with E-state index in [1.807, 2.05) is 0 Å². The molecule has 0 radical (unpaired) electrons. The Labute approximate surface area is 36.0 Å². The van der Waals surface area contributed by atoms with Crippen LogP contribution in [0.3, 0.4) is 0 Å². The molecule has 0 bridgehead atoms. The largest absolute Gasteiger partial charge is 0.398 e. The molecule has 32 valence electrons. The molecule has 2 nitrogen and oxygen atoms in total. The van der Waals surface area contributed by atoms with E-state index >= 15 is 0 Å². The Hall–Kier alpha value is -0.920. The van der Waals surface area contributed by atoms with E-state index in [1.54, 1.807) is 18.5 Å². The van der Waals surface area contributed by atoms with Gasteiger partial charge in [-0.1, -0.05) is 0 Å². The fourth-order valence-electron chi connectivity index (χ4n) is 0.337. The summed E-state index contributed by atoms with van der Waals surface area (Å²) >= 11 is 0. The number of hydrogen-bond donors (Lipinski definition) is 2. The van der Waals surface area contributed by atoms with Gasteiger partial charge in [0.1, 0.15) is 0 Å². The van der Waals surface area contributed by atoms with Crippen molar-refractivity contribution in [2.24, 2.45) is 0 Å². The summed E-state index contributed by atoms with van der Waals surface area (Å²) < 4.78 is 0. The fraction of sp³-hybridized carbons (Fsp3) is 0. The Morgan fingerprint density at radius 2 is 2.50 bits per heavy atom. The third-order valence-electron chi connectivity index (χ3n) is 0.622. The molecule has 1 heterocycles. The SMILES string of the molecule is Nc1cc[nH]c1. The summed E-state index contributed by atoms with van der Waals surface area (Å²) in [4.78, 5) is 2.80. The highest BCUT2D eigenvalue weighted by atomic mass is 14.7. The van der Waals surface area contributed by atoms with Crippen LogP contribution in [0.5, 0.6) is 0 Å². The predicted molar refractivity (Wildman–Crippen MR) is 25.2 cm³/mol. The quantitative estimate of drug-likeness (QED) is 0.472. The zero-order valence-electron chi connectivity index (χ0n) is 3.31. The molecular formula is C4H6N2. The summed E-state index contributed by atoms with van der Waals surface area (Å²) in [6, 6.07) is 1.81. The second kappa shape index (κ2) is 1.05. The average molecular weight is 82.1 g/mol. The van der Waals surface area contributed by atoms with Gasteiger partial charge in [0.25, 0.3) is 0 Å². The summed E-state index contributed by atoms with van der Waals surface area (Å²) in [6.45, 7) is 0. The summed E-state index contributed by atoms with van der Waals surface area (Å²) in [5, 5.41) is 0. The van der Waals surface area contributed by atoms with Crippen molar-refractivity contribution in [2.45, 2.75) is 0 Å². The molecule has 1 rings (SSSR count). The van der Waals surface area contributed by atoms with Crippen LogP contribution in [0.25, 0.3) is 0 Å².